The van der Waals surface area contributed by atoms with Gasteiger partial charge in [-0.3, -0.25) is 0 Å². The van der Waals surface area contributed by atoms with Crippen molar-refractivity contribution in [1.29, 1.82) is 0 Å². The zero-order chi connectivity index (χ0) is 12.4. The maximum absolute atomic E-state index is 9.57. The lowest BCUT2D eigenvalue weighted by Gasteiger charge is -2.20. The zero-order valence-electron chi connectivity index (χ0n) is 10.1. The van der Waals surface area contributed by atoms with E-state index in [1.54, 1.807) is 0 Å². The lowest BCUT2D eigenvalue weighted by molar-refractivity contribution is 0.0572. The monoisotopic (exact) mass is 238 g/mol. The van der Waals surface area contributed by atoms with Crippen molar-refractivity contribution in [3.05, 3.63) is 11.9 Å². The molecule has 2 rings (SSSR count). The number of β-amino-alcohol motifs (C(OH)–C–C–N with tert-alkyl or cyclic N) is 2. The van der Waals surface area contributed by atoms with Crippen molar-refractivity contribution in [1.82, 2.24) is 9.97 Å². The highest BCUT2D eigenvalue weighted by Gasteiger charge is 2.31. The second kappa shape index (κ2) is 4.85. The van der Waals surface area contributed by atoms with Crippen molar-refractivity contribution >= 4 is 11.6 Å². The Kier molecular flexibility index (Phi) is 3.44. The van der Waals surface area contributed by atoms with Gasteiger partial charge in [-0.05, 0) is 6.42 Å². The summed E-state index contributed by atoms with van der Waals surface area (Å²) in [6.07, 6.45) is 0.896. The van der Waals surface area contributed by atoms with Crippen molar-refractivity contribution in [3.63, 3.8) is 0 Å². The molecular formula is C11H18N4O2. The van der Waals surface area contributed by atoms with Gasteiger partial charge in [0.15, 0.2) is 0 Å². The Morgan fingerprint density at radius 1 is 1.35 bits per heavy atom. The van der Waals surface area contributed by atoms with Crippen LogP contribution < -0.4 is 10.2 Å². The SMILES string of the molecule is CCc1c(NC)ncnc1N1CC(O)C(O)C1. The van der Waals surface area contributed by atoms with E-state index >= 15 is 0 Å². The Morgan fingerprint density at radius 2 is 2.00 bits per heavy atom. The Hall–Kier alpha value is -1.40. The molecule has 0 amide bonds. The minimum atomic E-state index is -0.701. The molecule has 0 bridgehead atoms. The minimum Gasteiger partial charge on any atom is -0.389 e. The number of rotatable bonds is 3. The van der Waals surface area contributed by atoms with Gasteiger partial charge in [0.1, 0.15) is 18.0 Å². The summed E-state index contributed by atoms with van der Waals surface area (Å²) in [4.78, 5) is 10.3. The summed E-state index contributed by atoms with van der Waals surface area (Å²) in [7, 11) is 1.82. The minimum absolute atomic E-state index is 0.411. The highest BCUT2D eigenvalue weighted by molar-refractivity contribution is 5.59. The van der Waals surface area contributed by atoms with Crippen LogP contribution in [-0.4, -0.2) is 52.5 Å². The van der Waals surface area contributed by atoms with E-state index < -0.39 is 12.2 Å². The largest absolute Gasteiger partial charge is 0.389 e. The molecule has 6 heteroatoms. The van der Waals surface area contributed by atoms with E-state index in [-0.39, 0.29) is 0 Å². The second-order valence-corrected chi connectivity index (χ2v) is 4.17. The molecule has 2 unspecified atom stereocenters. The Labute approximate surface area is 100 Å². The quantitative estimate of drug-likeness (QED) is 0.666. The van der Waals surface area contributed by atoms with E-state index in [9.17, 15) is 10.2 Å². The van der Waals surface area contributed by atoms with Crippen LogP contribution in [0.15, 0.2) is 6.33 Å². The van der Waals surface area contributed by atoms with Crippen LogP contribution in [0.3, 0.4) is 0 Å². The zero-order valence-corrected chi connectivity index (χ0v) is 10.1. The van der Waals surface area contributed by atoms with Crippen molar-refractivity contribution in [3.8, 4) is 0 Å². The van der Waals surface area contributed by atoms with Gasteiger partial charge in [-0.1, -0.05) is 6.92 Å². The van der Waals surface area contributed by atoms with E-state index in [4.69, 9.17) is 0 Å². The van der Waals surface area contributed by atoms with Gasteiger partial charge >= 0.3 is 0 Å². The van der Waals surface area contributed by atoms with E-state index in [0.717, 1.165) is 23.6 Å². The molecule has 0 radical (unpaired) electrons. The first-order valence-corrected chi connectivity index (χ1v) is 5.80. The van der Waals surface area contributed by atoms with E-state index in [0.29, 0.717) is 13.1 Å². The third-order valence-corrected chi connectivity index (χ3v) is 3.07. The molecule has 0 aromatic carbocycles. The summed E-state index contributed by atoms with van der Waals surface area (Å²) < 4.78 is 0. The first kappa shape index (κ1) is 12.1. The van der Waals surface area contributed by atoms with Crippen LogP contribution >= 0.6 is 0 Å². The molecule has 1 aliphatic heterocycles. The molecule has 3 N–H and O–H groups in total. The van der Waals surface area contributed by atoms with Crippen molar-refractivity contribution < 1.29 is 10.2 Å². The van der Waals surface area contributed by atoms with Crippen molar-refractivity contribution in [2.75, 3.05) is 30.4 Å². The number of aromatic nitrogens is 2. The molecule has 6 nitrogen and oxygen atoms in total. The third-order valence-electron chi connectivity index (χ3n) is 3.07. The van der Waals surface area contributed by atoms with Crippen LogP contribution in [0, 0.1) is 0 Å². The first-order chi connectivity index (χ1) is 8.17. The highest BCUT2D eigenvalue weighted by Crippen LogP contribution is 2.26. The molecule has 0 aliphatic carbocycles. The second-order valence-electron chi connectivity index (χ2n) is 4.17. The predicted octanol–water partition coefficient (Wildman–Crippen LogP) is -0.378. The van der Waals surface area contributed by atoms with E-state index in [1.807, 2.05) is 18.9 Å². The van der Waals surface area contributed by atoms with Crippen LogP contribution in [0.2, 0.25) is 0 Å². The molecule has 1 aliphatic rings. The summed E-state index contributed by atoms with van der Waals surface area (Å²) >= 11 is 0. The van der Waals surface area contributed by atoms with Gasteiger partial charge in [-0.25, -0.2) is 9.97 Å². The van der Waals surface area contributed by atoms with Gasteiger partial charge in [0, 0.05) is 25.7 Å². The lowest BCUT2D eigenvalue weighted by atomic mass is 10.2. The van der Waals surface area contributed by atoms with E-state index in [1.165, 1.54) is 6.33 Å². The summed E-state index contributed by atoms with van der Waals surface area (Å²) in [6, 6.07) is 0. The maximum atomic E-state index is 9.57. The molecule has 1 saturated heterocycles. The summed E-state index contributed by atoms with van der Waals surface area (Å²) in [5.74, 6) is 1.59. The van der Waals surface area contributed by atoms with Crippen LogP contribution in [0.1, 0.15) is 12.5 Å². The molecule has 1 fully saturated rings. The van der Waals surface area contributed by atoms with Gasteiger partial charge in [0.2, 0.25) is 0 Å². The normalized spacial score (nSPS) is 24.1. The number of anilines is 2. The molecule has 1 aromatic heterocycles. The molecule has 1 aromatic rings. The Bertz CT molecular complexity index is 389. The lowest BCUT2D eigenvalue weighted by Crippen LogP contribution is -2.24. The van der Waals surface area contributed by atoms with Gasteiger partial charge in [-0.2, -0.15) is 0 Å². The molecular weight excluding hydrogens is 220 g/mol. The fourth-order valence-electron chi connectivity index (χ4n) is 2.16. The van der Waals surface area contributed by atoms with Crippen LogP contribution in [0.5, 0.6) is 0 Å². The third kappa shape index (κ3) is 2.18. The summed E-state index contributed by atoms with van der Waals surface area (Å²) in [5.41, 5.74) is 1.01. The van der Waals surface area contributed by atoms with E-state index in [2.05, 4.69) is 15.3 Å². The molecule has 94 valence electrons. The number of hydrogen-bond acceptors (Lipinski definition) is 6. The van der Waals surface area contributed by atoms with Crippen molar-refractivity contribution in [2.24, 2.45) is 0 Å². The topological polar surface area (TPSA) is 81.5 Å². The standard InChI is InChI=1S/C11H18N4O2/c1-3-7-10(12-2)13-6-14-11(7)15-4-8(16)9(17)5-15/h6,8-9,16-17H,3-5H2,1-2H3,(H,12,13,14). The number of hydrogen-bond donors (Lipinski definition) is 3. The van der Waals surface area contributed by atoms with Gasteiger partial charge in [0.25, 0.3) is 0 Å². The molecule has 0 saturated carbocycles. The van der Waals surface area contributed by atoms with Crippen LogP contribution in [0.25, 0.3) is 0 Å². The Balaban J connectivity index is 2.32. The molecule has 17 heavy (non-hydrogen) atoms. The molecule has 0 spiro atoms. The fraction of sp³-hybridized carbons (Fsp3) is 0.636. The summed E-state index contributed by atoms with van der Waals surface area (Å²) in [5, 5.41) is 22.2. The maximum Gasteiger partial charge on any atom is 0.137 e. The smallest absolute Gasteiger partial charge is 0.137 e. The molecule has 2 atom stereocenters. The van der Waals surface area contributed by atoms with Gasteiger partial charge < -0.3 is 20.4 Å². The number of aliphatic hydroxyl groups is 2. The van der Waals surface area contributed by atoms with Crippen LogP contribution in [0.4, 0.5) is 11.6 Å². The molecule has 2 heterocycles. The predicted molar refractivity (Wildman–Crippen MR) is 65.2 cm³/mol. The fourth-order valence-corrected chi connectivity index (χ4v) is 2.16. The number of aliphatic hydroxyl groups excluding tert-OH is 2. The van der Waals surface area contributed by atoms with Crippen LogP contribution in [-0.2, 0) is 6.42 Å². The summed E-state index contributed by atoms with van der Waals surface area (Å²) in [6.45, 7) is 2.86. The van der Waals surface area contributed by atoms with Gasteiger partial charge in [-0.15, -0.1) is 0 Å². The Morgan fingerprint density at radius 3 is 2.53 bits per heavy atom. The number of nitrogens with one attached hydrogen (secondary N) is 1. The van der Waals surface area contributed by atoms with Crippen molar-refractivity contribution in [2.45, 2.75) is 25.6 Å². The number of nitrogens with zero attached hydrogens (tertiary/aromatic N) is 3. The first-order valence-electron chi connectivity index (χ1n) is 5.80. The highest BCUT2D eigenvalue weighted by atomic mass is 16.3. The van der Waals surface area contributed by atoms with Gasteiger partial charge in [0.05, 0.1) is 12.2 Å². The average Bonchev–Trinajstić information content (AvgIpc) is 2.68. The average molecular weight is 238 g/mol.